The van der Waals surface area contributed by atoms with Gasteiger partial charge in [0, 0.05) is 6.04 Å². The molecule has 5 nitrogen and oxygen atoms in total. The summed E-state index contributed by atoms with van der Waals surface area (Å²) in [7, 11) is -2.46. The van der Waals surface area contributed by atoms with Gasteiger partial charge in [-0.25, -0.2) is 17.9 Å². The highest BCUT2D eigenvalue weighted by atomic mass is 35.5. The van der Waals surface area contributed by atoms with Crippen LogP contribution in [0.25, 0.3) is 0 Å². The Kier molecular flexibility index (Phi) is 5.34. The lowest BCUT2D eigenvalue weighted by Gasteiger charge is -2.13. The number of hydrogen-bond acceptors (Lipinski definition) is 4. The van der Waals surface area contributed by atoms with Crippen molar-refractivity contribution in [2.45, 2.75) is 31.2 Å². The maximum absolute atomic E-state index is 12.1. The van der Waals surface area contributed by atoms with Crippen molar-refractivity contribution < 1.29 is 17.9 Å². The molecule has 1 N–H and O–H groups in total. The van der Waals surface area contributed by atoms with Crippen molar-refractivity contribution in [2.75, 3.05) is 7.11 Å². The molecule has 0 aliphatic rings. The topological polar surface area (TPSA) is 72.5 Å². The summed E-state index contributed by atoms with van der Waals surface area (Å²) < 4.78 is 31.2. The largest absolute Gasteiger partial charge is 0.465 e. The fourth-order valence-electron chi connectivity index (χ4n) is 1.35. The van der Waals surface area contributed by atoms with E-state index < -0.39 is 16.0 Å². The number of ether oxygens (including phenoxy) is 1. The van der Waals surface area contributed by atoms with E-state index in [0.29, 0.717) is 6.42 Å². The molecule has 0 radical (unpaired) electrons. The first kappa shape index (κ1) is 15.9. The first-order valence-corrected chi connectivity index (χ1v) is 7.58. The van der Waals surface area contributed by atoms with Crippen molar-refractivity contribution in [3.8, 4) is 0 Å². The number of carbonyl (C=O) groups is 1. The van der Waals surface area contributed by atoms with Crippen molar-refractivity contribution in [2.24, 2.45) is 0 Å². The smallest absolute Gasteiger partial charge is 0.339 e. The van der Waals surface area contributed by atoms with Gasteiger partial charge in [-0.15, -0.1) is 0 Å². The summed E-state index contributed by atoms with van der Waals surface area (Å²) in [5, 5.41) is 0.148. The van der Waals surface area contributed by atoms with Gasteiger partial charge in [-0.2, -0.15) is 0 Å². The number of methoxy groups -OCH3 is 1. The molecule has 0 fully saturated rings. The Labute approximate surface area is 118 Å². The van der Waals surface area contributed by atoms with Crippen LogP contribution in [0.1, 0.15) is 30.6 Å². The summed E-state index contributed by atoms with van der Waals surface area (Å²) in [5.74, 6) is -0.675. The van der Waals surface area contributed by atoms with Gasteiger partial charge < -0.3 is 4.74 Å². The second-order valence-corrected chi connectivity index (χ2v) is 6.18. The Morgan fingerprint density at radius 2 is 2.11 bits per heavy atom. The average molecular weight is 306 g/mol. The number of esters is 1. The summed E-state index contributed by atoms with van der Waals surface area (Å²) in [6.07, 6.45) is 0.663. The first-order chi connectivity index (χ1) is 8.81. The van der Waals surface area contributed by atoms with Crippen LogP contribution in [-0.2, 0) is 14.8 Å². The van der Waals surface area contributed by atoms with Crippen LogP contribution in [0.2, 0.25) is 5.02 Å². The maximum atomic E-state index is 12.1. The molecule has 0 aromatic heterocycles. The maximum Gasteiger partial charge on any atom is 0.339 e. The SMILES string of the molecule is CC[C@H](C)NS(=O)(=O)c1ccc(Cl)c(C(=O)OC)c1. The molecule has 0 saturated carbocycles. The van der Waals surface area contributed by atoms with Crippen molar-refractivity contribution in [3.05, 3.63) is 28.8 Å². The molecule has 1 atom stereocenters. The highest BCUT2D eigenvalue weighted by Gasteiger charge is 2.20. The summed E-state index contributed by atoms with van der Waals surface area (Å²) >= 11 is 5.84. The van der Waals surface area contributed by atoms with Crippen LogP contribution >= 0.6 is 11.6 Å². The van der Waals surface area contributed by atoms with Crippen molar-refractivity contribution in [3.63, 3.8) is 0 Å². The zero-order valence-electron chi connectivity index (χ0n) is 10.9. The van der Waals surface area contributed by atoms with Crippen LogP contribution in [0.5, 0.6) is 0 Å². The number of sulfonamides is 1. The Bertz CT molecular complexity index is 571. The third kappa shape index (κ3) is 3.92. The molecule has 0 amide bonds. The molecule has 0 spiro atoms. The summed E-state index contributed by atoms with van der Waals surface area (Å²) in [6.45, 7) is 3.63. The molecule has 0 saturated heterocycles. The number of nitrogens with one attached hydrogen (secondary N) is 1. The predicted octanol–water partition coefficient (Wildman–Crippen LogP) is 2.20. The van der Waals surface area contributed by atoms with Crippen LogP contribution in [0.3, 0.4) is 0 Å². The van der Waals surface area contributed by atoms with Crippen LogP contribution in [0, 0.1) is 0 Å². The number of halogens is 1. The van der Waals surface area contributed by atoms with Crippen molar-refractivity contribution in [1.29, 1.82) is 0 Å². The zero-order valence-corrected chi connectivity index (χ0v) is 12.5. The van der Waals surface area contributed by atoms with Crippen LogP contribution in [0.15, 0.2) is 23.1 Å². The molecule has 0 heterocycles. The van der Waals surface area contributed by atoms with E-state index in [9.17, 15) is 13.2 Å². The third-order valence-electron chi connectivity index (χ3n) is 2.62. The van der Waals surface area contributed by atoms with E-state index in [-0.39, 0.29) is 21.5 Å². The molecule has 0 bridgehead atoms. The van der Waals surface area contributed by atoms with E-state index in [2.05, 4.69) is 9.46 Å². The van der Waals surface area contributed by atoms with Gasteiger partial charge in [-0.3, -0.25) is 0 Å². The molecular weight excluding hydrogens is 290 g/mol. The molecule has 1 aromatic rings. The number of rotatable bonds is 5. The van der Waals surface area contributed by atoms with Gasteiger partial charge in [-0.05, 0) is 31.5 Å². The lowest BCUT2D eigenvalue weighted by atomic mass is 10.2. The highest BCUT2D eigenvalue weighted by molar-refractivity contribution is 7.89. The lowest BCUT2D eigenvalue weighted by Crippen LogP contribution is -2.32. The molecule has 19 heavy (non-hydrogen) atoms. The minimum atomic E-state index is -3.67. The normalized spacial score (nSPS) is 13.1. The van der Waals surface area contributed by atoms with Crippen LogP contribution < -0.4 is 4.72 Å². The Morgan fingerprint density at radius 1 is 1.47 bits per heavy atom. The molecular formula is C12H16ClNO4S. The van der Waals surface area contributed by atoms with Crippen LogP contribution in [-0.4, -0.2) is 27.5 Å². The van der Waals surface area contributed by atoms with Gasteiger partial charge in [0.2, 0.25) is 10.0 Å². The molecule has 106 valence electrons. The van der Waals surface area contributed by atoms with Gasteiger partial charge in [-0.1, -0.05) is 18.5 Å². The van der Waals surface area contributed by atoms with Gasteiger partial charge in [0.25, 0.3) is 0 Å². The van der Waals surface area contributed by atoms with E-state index in [0.717, 1.165) is 0 Å². The van der Waals surface area contributed by atoms with Gasteiger partial charge in [0.15, 0.2) is 0 Å². The fraction of sp³-hybridized carbons (Fsp3) is 0.417. The minimum Gasteiger partial charge on any atom is -0.465 e. The molecule has 0 unspecified atom stereocenters. The second-order valence-electron chi connectivity index (χ2n) is 4.06. The molecule has 1 aromatic carbocycles. The summed E-state index contributed by atoms with van der Waals surface area (Å²) in [5.41, 5.74) is 0.0243. The third-order valence-corrected chi connectivity index (χ3v) is 4.54. The van der Waals surface area contributed by atoms with Crippen LogP contribution in [0.4, 0.5) is 0 Å². The zero-order chi connectivity index (χ0) is 14.6. The Morgan fingerprint density at radius 3 is 2.63 bits per heavy atom. The number of carbonyl (C=O) groups excluding carboxylic acids is 1. The van der Waals surface area contributed by atoms with Crippen molar-refractivity contribution in [1.82, 2.24) is 4.72 Å². The molecule has 7 heteroatoms. The van der Waals surface area contributed by atoms with E-state index >= 15 is 0 Å². The van der Waals surface area contributed by atoms with E-state index in [4.69, 9.17) is 11.6 Å². The van der Waals surface area contributed by atoms with Gasteiger partial charge >= 0.3 is 5.97 Å². The first-order valence-electron chi connectivity index (χ1n) is 5.72. The monoisotopic (exact) mass is 305 g/mol. The summed E-state index contributed by atoms with van der Waals surface area (Å²) in [6, 6.07) is 3.72. The van der Waals surface area contributed by atoms with E-state index in [1.54, 1.807) is 6.92 Å². The van der Waals surface area contributed by atoms with E-state index in [1.165, 1.54) is 25.3 Å². The minimum absolute atomic E-state index is 0.0161. The second kappa shape index (κ2) is 6.36. The van der Waals surface area contributed by atoms with Gasteiger partial charge in [0.05, 0.1) is 22.6 Å². The Balaban J connectivity index is 3.18. The van der Waals surface area contributed by atoms with Gasteiger partial charge in [0.1, 0.15) is 0 Å². The Hall–Kier alpha value is -1.11. The number of hydrogen-bond donors (Lipinski definition) is 1. The van der Waals surface area contributed by atoms with E-state index in [1.807, 2.05) is 6.92 Å². The fourth-order valence-corrected chi connectivity index (χ4v) is 2.90. The van der Waals surface area contributed by atoms with Crippen molar-refractivity contribution >= 4 is 27.6 Å². The lowest BCUT2D eigenvalue weighted by molar-refractivity contribution is 0.0600. The number of benzene rings is 1. The molecule has 1 rings (SSSR count). The average Bonchev–Trinajstić information content (AvgIpc) is 2.37. The predicted molar refractivity (Wildman–Crippen MR) is 72.9 cm³/mol. The highest BCUT2D eigenvalue weighted by Crippen LogP contribution is 2.21. The standard InChI is InChI=1S/C12H16ClNO4S/c1-4-8(2)14-19(16,17)9-5-6-11(13)10(7-9)12(15)18-3/h5-8,14H,4H2,1-3H3/t8-/m0/s1. The summed E-state index contributed by atoms with van der Waals surface area (Å²) in [4.78, 5) is 11.5. The molecule has 0 aliphatic carbocycles. The molecule has 0 aliphatic heterocycles. The quantitative estimate of drug-likeness (QED) is 0.847.